The van der Waals surface area contributed by atoms with Crippen molar-refractivity contribution in [2.75, 3.05) is 6.61 Å². The highest BCUT2D eigenvalue weighted by Crippen LogP contribution is 1.98. The Kier molecular flexibility index (Phi) is 13.5. The standard InChI is InChI=1S/2C6H13NO3/c1-4(8)2-3-5(7)6(9)10;7-5(6(9)10)3-1-2-4-8/h4-5,8H,2-3,7H2,1H3,(H,9,10);5,8H,1-4,7H2,(H,9,10)/t4?,5-;5-/m00/s1. The lowest BCUT2D eigenvalue weighted by molar-refractivity contribution is -0.139. The molecule has 0 aliphatic heterocycles. The lowest BCUT2D eigenvalue weighted by atomic mass is 10.1. The number of carbonyl (C=O) groups is 2. The van der Waals surface area contributed by atoms with Gasteiger partial charge in [0, 0.05) is 6.61 Å². The van der Waals surface area contributed by atoms with Crippen molar-refractivity contribution in [3.8, 4) is 0 Å². The fourth-order valence-electron chi connectivity index (χ4n) is 1.14. The van der Waals surface area contributed by atoms with Gasteiger partial charge in [-0.1, -0.05) is 0 Å². The van der Waals surface area contributed by atoms with Crippen LogP contribution in [-0.2, 0) is 9.59 Å². The molecule has 0 saturated carbocycles. The average molecular weight is 294 g/mol. The Morgan fingerprint density at radius 1 is 0.950 bits per heavy atom. The highest BCUT2D eigenvalue weighted by molar-refractivity contribution is 5.73. The van der Waals surface area contributed by atoms with Crippen LogP contribution in [0.2, 0.25) is 0 Å². The topological polar surface area (TPSA) is 167 Å². The van der Waals surface area contributed by atoms with Crippen LogP contribution in [0.15, 0.2) is 0 Å². The van der Waals surface area contributed by atoms with Crippen molar-refractivity contribution in [3.05, 3.63) is 0 Å². The van der Waals surface area contributed by atoms with E-state index >= 15 is 0 Å². The maximum atomic E-state index is 10.1. The Hall–Kier alpha value is -1.22. The van der Waals surface area contributed by atoms with Crippen molar-refractivity contribution >= 4 is 11.9 Å². The maximum Gasteiger partial charge on any atom is 0.320 e. The number of aliphatic hydroxyl groups excluding tert-OH is 2. The fraction of sp³-hybridized carbons (Fsp3) is 0.833. The van der Waals surface area contributed by atoms with Gasteiger partial charge in [0.1, 0.15) is 12.1 Å². The summed E-state index contributed by atoms with van der Waals surface area (Å²) in [5, 5.41) is 33.6. The minimum absolute atomic E-state index is 0.104. The first-order chi connectivity index (χ1) is 9.22. The third-order valence-electron chi connectivity index (χ3n) is 2.45. The first-order valence-corrected chi connectivity index (χ1v) is 6.48. The number of hydrogen-bond acceptors (Lipinski definition) is 6. The van der Waals surface area contributed by atoms with Crippen molar-refractivity contribution in [1.29, 1.82) is 0 Å². The van der Waals surface area contributed by atoms with Gasteiger partial charge in [0.25, 0.3) is 0 Å². The van der Waals surface area contributed by atoms with Crippen LogP contribution < -0.4 is 11.5 Å². The molecule has 0 radical (unpaired) electrons. The summed E-state index contributed by atoms with van der Waals surface area (Å²) in [4.78, 5) is 20.2. The molecule has 20 heavy (non-hydrogen) atoms. The van der Waals surface area contributed by atoms with Crippen molar-refractivity contribution in [1.82, 2.24) is 0 Å². The smallest absolute Gasteiger partial charge is 0.320 e. The Bertz CT molecular complexity index is 273. The summed E-state index contributed by atoms with van der Waals surface area (Å²) in [5.74, 6) is -1.99. The van der Waals surface area contributed by atoms with E-state index in [0.717, 1.165) is 0 Å². The quantitative estimate of drug-likeness (QED) is 0.298. The Morgan fingerprint density at radius 2 is 1.40 bits per heavy atom. The van der Waals surface area contributed by atoms with Gasteiger partial charge in [-0.15, -0.1) is 0 Å². The molecule has 0 spiro atoms. The minimum Gasteiger partial charge on any atom is -0.480 e. The normalized spacial score (nSPS) is 14.7. The Balaban J connectivity index is 0. The number of hydrogen-bond donors (Lipinski definition) is 6. The molecule has 0 rings (SSSR count). The molecule has 0 aliphatic carbocycles. The monoisotopic (exact) mass is 294 g/mol. The molecular formula is C12H26N2O6. The van der Waals surface area contributed by atoms with Crippen LogP contribution in [0.25, 0.3) is 0 Å². The molecule has 0 aromatic rings. The number of carboxylic acid groups (broad SMARTS) is 2. The predicted molar refractivity (Wildman–Crippen MR) is 73.1 cm³/mol. The second kappa shape index (κ2) is 12.8. The Morgan fingerprint density at radius 3 is 1.75 bits per heavy atom. The maximum absolute atomic E-state index is 10.1. The van der Waals surface area contributed by atoms with Gasteiger partial charge in [0.2, 0.25) is 0 Å². The van der Waals surface area contributed by atoms with Crippen LogP contribution in [0.3, 0.4) is 0 Å². The zero-order valence-electron chi connectivity index (χ0n) is 11.7. The van der Waals surface area contributed by atoms with Crippen LogP contribution in [-0.4, -0.2) is 57.2 Å². The molecule has 0 aromatic carbocycles. The number of unbranched alkanes of at least 4 members (excludes halogenated alkanes) is 1. The van der Waals surface area contributed by atoms with E-state index in [9.17, 15) is 9.59 Å². The summed E-state index contributed by atoms with van der Waals surface area (Å²) in [6, 6.07) is -1.61. The van der Waals surface area contributed by atoms with Crippen LogP contribution in [0.1, 0.15) is 39.0 Å². The second-order valence-electron chi connectivity index (χ2n) is 4.54. The highest BCUT2D eigenvalue weighted by Gasteiger charge is 2.11. The molecule has 0 aromatic heterocycles. The van der Waals surface area contributed by atoms with E-state index in [4.69, 9.17) is 31.9 Å². The van der Waals surface area contributed by atoms with Crippen molar-refractivity contribution in [2.24, 2.45) is 11.5 Å². The number of carboxylic acids is 2. The number of rotatable bonds is 9. The van der Waals surface area contributed by atoms with E-state index in [0.29, 0.717) is 32.1 Å². The molecule has 0 bridgehead atoms. The summed E-state index contributed by atoms with van der Waals surface area (Å²) in [5.41, 5.74) is 10.3. The van der Waals surface area contributed by atoms with Gasteiger partial charge in [-0.05, 0) is 39.0 Å². The van der Waals surface area contributed by atoms with Gasteiger partial charge in [0.05, 0.1) is 6.10 Å². The van der Waals surface area contributed by atoms with Gasteiger partial charge in [-0.2, -0.15) is 0 Å². The van der Waals surface area contributed by atoms with Gasteiger partial charge < -0.3 is 31.9 Å². The van der Waals surface area contributed by atoms with Crippen LogP contribution in [0.4, 0.5) is 0 Å². The SMILES string of the molecule is CC(O)CC[C@H](N)C(=O)O.N[C@@H](CCCCO)C(=O)O. The molecule has 8 nitrogen and oxygen atoms in total. The van der Waals surface area contributed by atoms with E-state index in [1.807, 2.05) is 0 Å². The van der Waals surface area contributed by atoms with E-state index in [-0.39, 0.29) is 6.61 Å². The largest absolute Gasteiger partial charge is 0.480 e. The summed E-state index contributed by atoms with van der Waals surface area (Å²) >= 11 is 0. The summed E-state index contributed by atoms with van der Waals surface area (Å²) in [7, 11) is 0. The molecule has 0 saturated heterocycles. The summed E-state index contributed by atoms with van der Waals surface area (Å²) in [6.45, 7) is 1.71. The molecule has 1 unspecified atom stereocenters. The lowest BCUT2D eigenvalue weighted by Gasteiger charge is -2.06. The molecule has 3 atom stereocenters. The Labute approximate surface area is 118 Å². The molecule has 120 valence electrons. The van der Waals surface area contributed by atoms with Gasteiger partial charge in [-0.3, -0.25) is 9.59 Å². The third kappa shape index (κ3) is 14.8. The number of aliphatic hydroxyl groups is 2. The zero-order chi connectivity index (χ0) is 16.1. The van der Waals surface area contributed by atoms with E-state index < -0.39 is 30.1 Å². The van der Waals surface area contributed by atoms with E-state index in [1.165, 1.54) is 0 Å². The zero-order valence-corrected chi connectivity index (χ0v) is 11.7. The van der Waals surface area contributed by atoms with Gasteiger partial charge >= 0.3 is 11.9 Å². The van der Waals surface area contributed by atoms with Gasteiger partial charge in [-0.25, -0.2) is 0 Å². The fourth-order valence-corrected chi connectivity index (χ4v) is 1.14. The molecule has 0 fully saturated rings. The third-order valence-corrected chi connectivity index (χ3v) is 2.45. The molecule has 8 heteroatoms. The molecule has 8 N–H and O–H groups in total. The van der Waals surface area contributed by atoms with E-state index in [2.05, 4.69) is 0 Å². The molecule has 0 aliphatic rings. The lowest BCUT2D eigenvalue weighted by Crippen LogP contribution is -2.30. The highest BCUT2D eigenvalue weighted by atomic mass is 16.4. The van der Waals surface area contributed by atoms with Crippen molar-refractivity contribution in [2.45, 2.75) is 57.2 Å². The van der Waals surface area contributed by atoms with E-state index in [1.54, 1.807) is 6.92 Å². The summed E-state index contributed by atoms with van der Waals surface area (Å²) in [6.07, 6.45) is 2.03. The average Bonchev–Trinajstić information content (AvgIpc) is 2.36. The molecule has 0 heterocycles. The number of nitrogens with two attached hydrogens (primary N) is 2. The molecular weight excluding hydrogens is 268 g/mol. The van der Waals surface area contributed by atoms with Gasteiger partial charge in [0.15, 0.2) is 0 Å². The second-order valence-corrected chi connectivity index (χ2v) is 4.54. The van der Waals surface area contributed by atoms with Crippen molar-refractivity contribution < 1.29 is 30.0 Å². The van der Waals surface area contributed by atoms with Crippen LogP contribution in [0.5, 0.6) is 0 Å². The first-order valence-electron chi connectivity index (χ1n) is 6.48. The molecule has 0 amide bonds. The van der Waals surface area contributed by atoms with Crippen LogP contribution in [0, 0.1) is 0 Å². The predicted octanol–water partition coefficient (Wildman–Crippen LogP) is -0.880. The first kappa shape index (κ1) is 21.1. The summed E-state index contributed by atoms with van der Waals surface area (Å²) < 4.78 is 0. The minimum atomic E-state index is -1.01. The van der Waals surface area contributed by atoms with Crippen LogP contribution >= 0.6 is 0 Å². The number of aliphatic carboxylic acids is 2. The van der Waals surface area contributed by atoms with Crippen molar-refractivity contribution in [3.63, 3.8) is 0 Å².